The molecule has 0 aromatic heterocycles. The fraction of sp³-hybridized carbons (Fsp3) is 0.500. The van der Waals surface area contributed by atoms with Crippen LogP contribution < -0.4 is 4.90 Å². The van der Waals surface area contributed by atoms with Crippen molar-refractivity contribution < 1.29 is 4.79 Å². The summed E-state index contributed by atoms with van der Waals surface area (Å²) in [4.78, 5) is 13.5. The van der Waals surface area contributed by atoms with Crippen LogP contribution in [0.4, 0.5) is 5.69 Å². The van der Waals surface area contributed by atoms with Crippen LogP contribution >= 0.6 is 11.6 Å². The summed E-state index contributed by atoms with van der Waals surface area (Å²) in [5.41, 5.74) is 2.19. The quantitative estimate of drug-likeness (QED) is 0.731. The molecule has 1 aromatic rings. The third kappa shape index (κ3) is 3.74. The summed E-state index contributed by atoms with van der Waals surface area (Å²) in [6, 6.07) is 8.12. The Hall–Kier alpha value is -1.02. The largest absolute Gasteiger partial charge is 0.311 e. The zero-order valence-corrected chi connectivity index (χ0v) is 11.5. The van der Waals surface area contributed by atoms with E-state index in [0.29, 0.717) is 12.5 Å². The lowest BCUT2D eigenvalue weighted by atomic mass is 10.0. The SMILES string of the molecule is CCCN(C(=O)CCl)c1cccc(C(C)C)c1. The Labute approximate surface area is 109 Å². The van der Waals surface area contributed by atoms with E-state index in [1.54, 1.807) is 4.90 Å². The molecule has 1 rings (SSSR count). The van der Waals surface area contributed by atoms with Crippen LogP contribution in [0.5, 0.6) is 0 Å². The highest BCUT2D eigenvalue weighted by atomic mass is 35.5. The maximum absolute atomic E-state index is 11.8. The fourth-order valence-corrected chi connectivity index (χ4v) is 1.89. The number of carbonyl (C=O) groups excluding carboxylic acids is 1. The van der Waals surface area contributed by atoms with Gasteiger partial charge in [-0.3, -0.25) is 4.79 Å². The van der Waals surface area contributed by atoms with E-state index >= 15 is 0 Å². The number of hydrogen-bond donors (Lipinski definition) is 0. The van der Waals surface area contributed by atoms with Crippen molar-refractivity contribution in [3.8, 4) is 0 Å². The van der Waals surface area contributed by atoms with Gasteiger partial charge in [0, 0.05) is 12.2 Å². The molecule has 0 aliphatic heterocycles. The average molecular weight is 254 g/mol. The first kappa shape index (κ1) is 14.0. The molecule has 0 aliphatic rings. The van der Waals surface area contributed by atoms with Crippen LogP contribution in [0, 0.1) is 0 Å². The predicted octanol–water partition coefficient (Wildman–Crippen LogP) is 3.79. The molecule has 17 heavy (non-hydrogen) atoms. The standard InChI is InChI=1S/C14H20ClNO/c1-4-8-16(14(17)10-15)13-7-5-6-12(9-13)11(2)3/h5-7,9,11H,4,8,10H2,1-3H3. The monoisotopic (exact) mass is 253 g/mol. The zero-order chi connectivity index (χ0) is 12.8. The number of benzene rings is 1. The van der Waals surface area contributed by atoms with Gasteiger partial charge in [-0.15, -0.1) is 11.6 Å². The molecule has 0 bridgehead atoms. The second-order valence-electron chi connectivity index (χ2n) is 4.43. The molecule has 0 unspecified atom stereocenters. The van der Waals surface area contributed by atoms with Crippen molar-refractivity contribution in [2.24, 2.45) is 0 Å². The van der Waals surface area contributed by atoms with Crippen molar-refractivity contribution in [2.45, 2.75) is 33.1 Å². The lowest BCUT2D eigenvalue weighted by molar-refractivity contribution is -0.116. The number of halogens is 1. The van der Waals surface area contributed by atoms with Gasteiger partial charge >= 0.3 is 0 Å². The topological polar surface area (TPSA) is 20.3 Å². The van der Waals surface area contributed by atoms with E-state index in [2.05, 4.69) is 32.9 Å². The molecule has 0 atom stereocenters. The third-order valence-electron chi connectivity index (χ3n) is 2.71. The summed E-state index contributed by atoms with van der Waals surface area (Å²) in [5, 5.41) is 0. The minimum Gasteiger partial charge on any atom is -0.311 e. The lowest BCUT2D eigenvalue weighted by Crippen LogP contribution is -2.32. The van der Waals surface area contributed by atoms with Gasteiger partial charge in [-0.1, -0.05) is 32.9 Å². The molecule has 2 nitrogen and oxygen atoms in total. The Morgan fingerprint density at radius 1 is 1.41 bits per heavy atom. The first-order chi connectivity index (χ1) is 8.10. The molecule has 1 aromatic carbocycles. The van der Waals surface area contributed by atoms with Crippen LogP contribution in [-0.2, 0) is 4.79 Å². The van der Waals surface area contributed by atoms with Gasteiger partial charge in [0.1, 0.15) is 5.88 Å². The van der Waals surface area contributed by atoms with E-state index in [0.717, 1.165) is 12.1 Å². The molecule has 0 N–H and O–H groups in total. The molecule has 1 amide bonds. The third-order valence-corrected chi connectivity index (χ3v) is 2.94. The van der Waals surface area contributed by atoms with E-state index in [1.165, 1.54) is 5.56 Å². The van der Waals surface area contributed by atoms with Crippen molar-refractivity contribution in [1.29, 1.82) is 0 Å². The summed E-state index contributed by atoms with van der Waals surface area (Å²) >= 11 is 5.64. The Balaban J connectivity index is 3.01. The Bertz CT molecular complexity index is 376. The molecule has 0 spiro atoms. The van der Waals surface area contributed by atoms with E-state index in [4.69, 9.17) is 11.6 Å². The van der Waals surface area contributed by atoms with E-state index < -0.39 is 0 Å². The lowest BCUT2D eigenvalue weighted by Gasteiger charge is -2.22. The molecule has 0 saturated heterocycles. The van der Waals surface area contributed by atoms with E-state index in [-0.39, 0.29) is 11.8 Å². The first-order valence-electron chi connectivity index (χ1n) is 6.06. The molecular formula is C14H20ClNO. The molecule has 0 radical (unpaired) electrons. The summed E-state index contributed by atoms with van der Waals surface area (Å²) in [5.74, 6) is 0.463. The van der Waals surface area contributed by atoms with Crippen molar-refractivity contribution in [3.63, 3.8) is 0 Å². The van der Waals surface area contributed by atoms with Gasteiger partial charge in [-0.2, -0.15) is 0 Å². The molecular weight excluding hydrogens is 234 g/mol. The molecule has 0 saturated carbocycles. The summed E-state index contributed by atoms with van der Waals surface area (Å²) < 4.78 is 0. The normalized spacial score (nSPS) is 10.6. The summed E-state index contributed by atoms with van der Waals surface area (Å²) in [6.07, 6.45) is 0.925. The number of carbonyl (C=O) groups is 1. The second kappa shape index (κ2) is 6.65. The number of alkyl halides is 1. The predicted molar refractivity (Wildman–Crippen MR) is 73.9 cm³/mol. The molecule has 3 heteroatoms. The Kier molecular flexibility index (Phi) is 5.49. The van der Waals surface area contributed by atoms with Crippen LogP contribution in [0.25, 0.3) is 0 Å². The van der Waals surface area contributed by atoms with Crippen LogP contribution in [-0.4, -0.2) is 18.3 Å². The minimum atomic E-state index is -0.0329. The van der Waals surface area contributed by atoms with Crippen LogP contribution in [0.3, 0.4) is 0 Å². The molecule has 0 heterocycles. The van der Waals surface area contributed by atoms with Gasteiger partial charge in [0.05, 0.1) is 0 Å². The average Bonchev–Trinajstić information content (AvgIpc) is 2.35. The Morgan fingerprint density at radius 3 is 2.65 bits per heavy atom. The minimum absolute atomic E-state index is 0.0329. The number of rotatable bonds is 5. The highest BCUT2D eigenvalue weighted by Gasteiger charge is 2.14. The summed E-state index contributed by atoms with van der Waals surface area (Å²) in [7, 11) is 0. The number of nitrogens with zero attached hydrogens (tertiary/aromatic N) is 1. The number of amides is 1. The molecule has 0 fully saturated rings. The van der Waals surface area contributed by atoms with Crippen LogP contribution in [0.2, 0.25) is 0 Å². The van der Waals surface area contributed by atoms with Crippen LogP contribution in [0.1, 0.15) is 38.7 Å². The van der Waals surface area contributed by atoms with Gasteiger partial charge in [0.15, 0.2) is 0 Å². The highest BCUT2D eigenvalue weighted by molar-refractivity contribution is 6.29. The van der Waals surface area contributed by atoms with Crippen molar-refractivity contribution >= 4 is 23.2 Å². The summed E-state index contributed by atoms with van der Waals surface area (Å²) in [6.45, 7) is 7.06. The van der Waals surface area contributed by atoms with Gasteiger partial charge in [0.25, 0.3) is 0 Å². The van der Waals surface area contributed by atoms with Crippen molar-refractivity contribution in [1.82, 2.24) is 0 Å². The first-order valence-corrected chi connectivity index (χ1v) is 6.59. The molecule has 94 valence electrons. The van der Waals surface area contributed by atoms with Gasteiger partial charge < -0.3 is 4.90 Å². The van der Waals surface area contributed by atoms with Gasteiger partial charge in [-0.25, -0.2) is 0 Å². The van der Waals surface area contributed by atoms with Gasteiger partial charge in [-0.05, 0) is 30.0 Å². The number of hydrogen-bond acceptors (Lipinski definition) is 1. The maximum atomic E-state index is 11.8. The zero-order valence-electron chi connectivity index (χ0n) is 10.7. The van der Waals surface area contributed by atoms with Crippen molar-refractivity contribution in [2.75, 3.05) is 17.3 Å². The van der Waals surface area contributed by atoms with Crippen molar-refractivity contribution in [3.05, 3.63) is 29.8 Å². The van der Waals surface area contributed by atoms with Gasteiger partial charge in [0.2, 0.25) is 5.91 Å². The maximum Gasteiger partial charge on any atom is 0.241 e. The fourth-order valence-electron chi connectivity index (χ4n) is 1.75. The van der Waals surface area contributed by atoms with E-state index in [1.807, 2.05) is 12.1 Å². The smallest absolute Gasteiger partial charge is 0.241 e. The number of anilines is 1. The van der Waals surface area contributed by atoms with Crippen LogP contribution in [0.15, 0.2) is 24.3 Å². The second-order valence-corrected chi connectivity index (χ2v) is 4.70. The van der Waals surface area contributed by atoms with E-state index in [9.17, 15) is 4.79 Å². The highest BCUT2D eigenvalue weighted by Crippen LogP contribution is 2.22. The molecule has 0 aliphatic carbocycles. The Morgan fingerprint density at radius 2 is 2.12 bits per heavy atom.